The average molecular weight is 342 g/mol. The first kappa shape index (κ1) is 18.3. The number of aryl methyl sites for hydroxylation is 1. The van der Waals surface area contributed by atoms with E-state index in [1.54, 1.807) is 18.2 Å². The minimum Gasteiger partial charge on any atom is -0.478 e. The van der Waals surface area contributed by atoms with E-state index < -0.39 is 5.97 Å². The molecule has 0 amide bonds. The van der Waals surface area contributed by atoms with Gasteiger partial charge in [0.2, 0.25) is 6.79 Å². The summed E-state index contributed by atoms with van der Waals surface area (Å²) in [5, 5.41) is 8.90. The normalized spacial score (nSPS) is 12.3. The number of fused-ring (bicyclic) bond motifs is 1. The lowest BCUT2D eigenvalue weighted by Crippen LogP contribution is -2.10. The molecular formula is C19H22N2O4. The lowest BCUT2D eigenvalue weighted by atomic mass is 10.2. The van der Waals surface area contributed by atoms with E-state index in [-0.39, 0.29) is 5.56 Å². The van der Waals surface area contributed by atoms with Gasteiger partial charge in [-0.1, -0.05) is 25.1 Å². The number of hydrogen-bond donors (Lipinski definition) is 2. The molecule has 0 aromatic heterocycles. The minimum absolute atomic E-state index is 0.177. The van der Waals surface area contributed by atoms with E-state index in [1.165, 1.54) is 11.6 Å². The van der Waals surface area contributed by atoms with Gasteiger partial charge in [0.15, 0.2) is 11.5 Å². The molecule has 0 radical (unpaired) electrons. The number of aliphatic imine (C=N–C) groups is 1. The Balaban J connectivity index is 0.000000194. The largest absolute Gasteiger partial charge is 0.478 e. The van der Waals surface area contributed by atoms with Crippen LogP contribution in [0.1, 0.15) is 35.7 Å². The number of nitrogens with zero attached hydrogens (tertiary/aromatic N) is 1. The maximum absolute atomic E-state index is 10.9. The second kappa shape index (κ2) is 8.73. The van der Waals surface area contributed by atoms with Gasteiger partial charge < -0.3 is 20.3 Å². The Hall–Kier alpha value is -3.02. The fourth-order valence-electron chi connectivity index (χ4n) is 2.22. The molecule has 2 aromatic carbocycles. The van der Waals surface area contributed by atoms with E-state index in [0.717, 1.165) is 17.9 Å². The van der Waals surface area contributed by atoms with Crippen molar-refractivity contribution in [2.45, 2.75) is 26.7 Å². The van der Waals surface area contributed by atoms with Gasteiger partial charge in [-0.3, -0.25) is 0 Å². The molecule has 25 heavy (non-hydrogen) atoms. The number of benzene rings is 2. The molecule has 6 nitrogen and oxygen atoms in total. The number of rotatable bonds is 4. The van der Waals surface area contributed by atoms with Gasteiger partial charge in [0.25, 0.3) is 0 Å². The van der Waals surface area contributed by atoms with Crippen molar-refractivity contribution in [3.63, 3.8) is 0 Å². The van der Waals surface area contributed by atoms with Crippen molar-refractivity contribution in [2.75, 3.05) is 6.79 Å². The molecule has 1 aliphatic rings. The van der Waals surface area contributed by atoms with Gasteiger partial charge in [-0.25, -0.2) is 9.79 Å². The molecule has 0 saturated carbocycles. The molecule has 3 rings (SSSR count). The summed E-state index contributed by atoms with van der Waals surface area (Å²) in [7, 11) is 0. The molecule has 0 atom stereocenters. The van der Waals surface area contributed by atoms with Gasteiger partial charge in [0.1, 0.15) is 0 Å². The Morgan fingerprint density at radius 1 is 1.20 bits per heavy atom. The van der Waals surface area contributed by atoms with Gasteiger partial charge in [0.05, 0.1) is 17.1 Å². The molecule has 0 aliphatic carbocycles. The quantitative estimate of drug-likeness (QED) is 0.649. The van der Waals surface area contributed by atoms with Crippen LogP contribution < -0.4 is 15.2 Å². The van der Waals surface area contributed by atoms with Crippen LogP contribution in [0.5, 0.6) is 11.5 Å². The summed E-state index contributed by atoms with van der Waals surface area (Å²) in [6, 6.07) is 12.5. The number of aromatic carboxylic acids is 1. The third-order valence-electron chi connectivity index (χ3n) is 3.43. The topological polar surface area (TPSA) is 94.1 Å². The smallest absolute Gasteiger partial charge is 0.337 e. The number of ether oxygens (including phenoxy) is 2. The van der Waals surface area contributed by atoms with Gasteiger partial charge in [-0.2, -0.15) is 0 Å². The lowest BCUT2D eigenvalue weighted by Gasteiger charge is -2.02. The predicted octanol–water partition coefficient (Wildman–Crippen LogP) is 3.90. The number of carboxylic acids is 1. The fourth-order valence-corrected chi connectivity index (χ4v) is 2.22. The Morgan fingerprint density at radius 3 is 2.64 bits per heavy atom. The molecule has 132 valence electrons. The first-order chi connectivity index (χ1) is 12.0. The first-order valence-electron chi connectivity index (χ1n) is 8.03. The van der Waals surface area contributed by atoms with E-state index >= 15 is 0 Å². The van der Waals surface area contributed by atoms with Gasteiger partial charge >= 0.3 is 5.97 Å². The SMILES string of the molecule is CCCC(N)=Nc1ccccc1C(=O)O.Cc1ccc2c(c1)OCO2. The average Bonchev–Trinajstić information content (AvgIpc) is 3.03. The van der Waals surface area contributed by atoms with E-state index in [0.29, 0.717) is 24.7 Å². The van der Waals surface area contributed by atoms with E-state index in [4.69, 9.17) is 20.3 Å². The third-order valence-corrected chi connectivity index (χ3v) is 3.43. The zero-order valence-corrected chi connectivity index (χ0v) is 14.4. The predicted molar refractivity (Wildman–Crippen MR) is 96.9 cm³/mol. The number of amidine groups is 1. The summed E-state index contributed by atoms with van der Waals surface area (Å²) in [6.07, 6.45) is 1.57. The molecule has 6 heteroatoms. The van der Waals surface area contributed by atoms with Crippen LogP contribution in [0.25, 0.3) is 0 Å². The highest BCUT2D eigenvalue weighted by Crippen LogP contribution is 2.31. The number of para-hydroxylation sites is 1. The highest BCUT2D eigenvalue weighted by Gasteiger charge is 2.11. The lowest BCUT2D eigenvalue weighted by molar-refractivity contribution is 0.0698. The highest BCUT2D eigenvalue weighted by atomic mass is 16.7. The van der Waals surface area contributed by atoms with Crippen LogP contribution in [0.15, 0.2) is 47.5 Å². The summed E-state index contributed by atoms with van der Waals surface area (Å²) < 4.78 is 10.3. The summed E-state index contributed by atoms with van der Waals surface area (Å²) in [4.78, 5) is 14.9. The summed E-state index contributed by atoms with van der Waals surface area (Å²) in [5.74, 6) is 1.19. The zero-order chi connectivity index (χ0) is 18.2. The van der Waals surface area contributed by atoms with Crippen molar-refractivity contribution in [1.82, 2.24) is 0 Å². The van der Waals surface area contributed by atoms with Crippen LogP contribution in [0.2, 0.25) is 0 Å². The molecule has 3 N–H and O–H groups in total. The van der Waals surface area contributed by atoms with Crippen LogP contribution in [0.3, 0.4) is 0 Å². The maximum Gasteiger partial charge on any atom is 0.337 e. The fraction of sp³-hybridized carbons (Fsp3) is 0.263. The molecule has 1 heterocycles. The number of carboxylic acid groups (broad SMARTS) is 1. The van der Waals surface area contributed by atoms with Crippen molar-refractivity contribution >= 4 is 17.5 Å². The molecule has 0 bridgehead atoms. The molecule has 1 aliphatic heterocycles. The Labute approximate surface area is 146 Å². The second-order valence-corrected chi connectivity index (χ2v) is 5.53. The molecule has 2 aromatic rings. The Kier molecular flexibility index (Phi) is 6.39. The van der Waals surface area contributed by atoms with Crippen LogP contribution in [0, 0.1) is 6.92 Å². The number of nitrogens with two attached hydrogens (primary N) is 1. The highest BCUT2D eigenvalue weighted by molar-refractivity contribution is 5.95. The Bertz CT molecular complexity index is 772. The molecule has 0 saturated heterocycles. The molecule has 0 spiro atoms. The van der Waals surface area contributed by atoms with Crippen molar-refractivity contribution in [3.8, 4) is 11.5 Å². The summed E-state index contributed by atoms with van der Waals surface area (Å²) in [6.45, 7) is 4.38. The third kappa shape index (κ3) is 5.24. The van der Waals surface area contributed by atoms with Crippen molar-refractivity contribution in [3.05, 3.63) is 53.6 Å². The Morgan fingerprint density at radius 2 is 1.92 bits per heavy atom. The van der Waals surface area contributed by atoms with Gasteiger partial charge in [-0.05, 0) is 43.2 Å². The van der Waals surface area contributed by atoms with Crippen molar-refractivity contribution < 1.29 is 19.4 Å². The molecule has 0 unspecified atom stereocenters. The first-order valence-corrected chi connectivity index (χ1v) is 8.03. The van der Waals surface area contributed by atoms with Crippen molar-refractivity contribution in [2.24, 2.45) is 10.7 Å². The minimum atomic E-state index is -0.987. The van der Waals surface area contributed by atoms with Gasteiger partial charge in [0, 0.05) is 6.42 Å². The van der Waals surface area contributed by atoms with Crippen LogP contribution in [0.4, 0.5) is 5.69 Å². The number of hydrogen-bond acceptors (Lipinski definition) is 4. The van der Waals surface area contributed by atoms with Crippen molar-refractivity contribution in [1.29, 1.82) is 0 Å². The van der Waals surface area contributed by atoms with E-state index in [1.807, 2.05) is 32.0 Å². The summed E-state index contributed by atoms with van der Waals surface area (Å²) >= 11 is 0. The van der Waals surface area contributed by atoms with E-state index in [2.05, 4.69) is 4.99 Å². The van der Waals surface area contributed by atoms with Crippen LogP contribution in [-0.2, 0) is 0 Å². The van der Waals surface area contributed by atoms with E-state index in [9.17, 15) is 4.79 Å². The zero-order valence-electron chi connectivity index (χ0n) is 14.4. The number of carbonyl (C=O) groups is 1. The summed E-state index contributed by atoms with van der Waals surface area (Å²) in [5.41, 5.74) is 7.43. The maximum atomic E-state index is 10.9. The standard InChI is InChI=1S/C11H14N2O2.C8H8O2/c1-2-5-10(12)13-9-7-4-3-6-8(9)11(14)15;1-6-2-3-7-8(4-6)10-5-9-7/h3-4,6-7H,2,5H2,1H3,(H2,12,13)(H,14,15);2-4H,5H2,1H3. The van der Waals surface area contributed by atoms with Gasteiger partial charge in [-0.15, -0.1) is 0 Å². The second-order valence-electron chi connectivity index (χ2n) is 5.53. The molecular weight excluding hydrogens is 320 g/mol. The molecule has 0 fully saturated rings. The van der Waals surface area contributed by atoms with Crippen LogP contribution >= 0.6 is 0 Å². The monoisotopic (exact) mass is 342 g/mol. The van der Waals surface area contributed by atoms with Crippen LogP contribution in [-0.4, -0.2) is 23.7 Å².